The Morgan fingerprint density at radius 2 is 2.13 bits per heavy atom. The van der Waals surface area contributed by atoms with Crippen molar-refractivity contribution in [3.63, 3.8) is 0 Å². The summed E-state index contributed by atoms with van der Waals surface area (Å²) >= 11 is 0. The number of esters is 1. The molecule has 1 unspecified atom stereocenters. The molecule has 122 valence electrons. The molecule has 0 spiro atoms. The number of aromatic nitrogens is 1. The summed E-state index contributed by atoms with van der Waals surface area (Å²) in [6.45, 7) is 4.38. The summed E-state index contributed by atoms with van der Waals surface area (Å²) in [7, 11) is 1.42. The first-order valence-corrected chi connectivity index (χ1v) is 8.36. The Balaban J connectivity index is 1.85. The Bertz CT molecular complexity index is 780. The van der Waals surface area contributed by atoms with E-state index in [0.717, 1.165) is 23.7 Å². The maximum Gasteiger partial charge on any atom is 0.340 e. The Labute approximate surface area is 136 Å². The predicted molar refractivity (Wildman–Crippen MR) is 88.4 cm³/mol. The van der Waals surface area contributed by atoms with E-state index < -0.39 is 5.72 Å². The average molecular weight is 313 g/mol. The first kappa shape index (κ1) is 14.8. The zero-order valence-corrected chi connectivity index (χ0v) is 14.0. The van der Waals surface area contributed by atoms with Crippen molar-refractivity contribution in [3.05, 3.63) is 36.0 Å². The van der Waals surface area contributed by atoms with Crippen molar-refractivity contribution in [1.82, 2.24) is 4.57 Å². The van der Waals surface area contributed by atoms with Crippen LogP contribution >= 0.6 is 0 Å². The Hall–Kier alpha value is -1.81. The summed E-state index contributed by atoms with van der Waals surface area (Å²) in [5, 5.41) is 0.923. The van der Waals surface area contributed by atoms with Crippen molar-refractivity contribution in [2.45, 2.75) is 50.9 Å². The van der Waals surface area contributed by atoms with Gasteiger partial charge in [-0.2, -0.15) is 0 Å². The molecule has 1 aliphatic heterocycles. The highest BCUT2D eigenvalue weighted by Gasteiger charge is 2.54. The standard InChI is InChI=1S/C19H23NO3/c1-18-10-6-7-13(18)11-19(2,23-18)20-12-15(17(21)22-3)14-8-4-5-9-16(14)20/h4-5,8-9,12-13H,6-7,10-11H2,1-3H3/t13-,18-,19?/m1/s1. The molecule has 2 heterocycles. The molecule has 0 bridgehead atoms. The number of rotatable bonds is 2. The van der Waals surface area contributed by atoms with Gasteiger partial charge in [-0.3, -0.25) is 0 Å². The molecular weight excluding hydrogens is 290 g/mol. The highest BCUT2D eigenvalue weighted by Crippen LogP contribution is 2.54. The van der Waals surface area contributed by atoms with Gasteiger partial charge < -0.3 is 14.0 Å². The summed E-state index contributed by atoms with van der Waals surface area (Å²) in [6.07, 6.45) is 6.49. The second-order valence-electron chi connectivity index (χ2n) is 7.30. The lowest BCUT2D eigenvalue weighted by molar-refractivity contribution is -0.131. The number of fused-ring (bicyclic) bond motifs is 2. The van der Waals surface area contributed by atoms with Gasteiger partial charge in [-0.25, -0.2) is 4.79 Å². The van der Waals surface area contributed by atoms with Crippen LogP contribution in [0.5, 0.6) is 0 Å². The first-order chi connectivity index (χ1) is 11.0. The summed E-state index contributed by atoms with van der Waals surface area (Å²) in [5.74, 6) is 0.295. The second kappa shape index (κ2) is 4.84. The number of carbonyl (C=O) groups excluding carboxylic acids is 1. The molecule has 0 radical (unpaired) electrons. The number of benzene rings is 1. The van der Waals surface area contributed by atoms with E-state index in [2.05, 4.69) is 18.4 Å². The maximum atomic E-state index is 12.1. The van der Waals surface area contributed by atoms with E-state index in [0.29, 0.717) is 11.5 Å². The van der Waals surface area contributed by atoms with Crippen LogP contribution in [0.1, 0.15) is 49.9 Å². The van der Waals surface area contributed by atoms with Crippen molar-refractivity contribution < 1.29 is 14.3 Å². The average Bonchev–Trinajstić information content (AvgIpc) is 3.14. The molecule has 23 heavy (non-hydrogen) atoms. The minimum atomic E-state index is -0.411. The van der Waals surface area contributed by atoms with Gasteiger partial charge in [-0.05, 0) is 38.7 Å². The molecule has 2 aromatic rings. The van der Waals surface area contributed by atoms with E-state index in [1.807, 2.05) is 30.5 Å². The van der Waals surface area contributed by atoms with Crippen molar-refractivity contribution in [2.24, 2.45) is 5.92 Å². The normalized spacial score (nSPS) is 33.1. The van der Waals surface area contributed by atoms with Gasteiger partial charge in [0, 0.05) is 18.0 Å². The minimum Gasteiger partial charge on any atom is -0.465 e. The quantitative estimate of drug-likeness (QED) is 0.784. The number of methoxy groups -OCH3 is 1. The van der Waals surface area contributed by atoms with Crippen LogP contribution in [-0.4, -0.2) is 23.2 Å². The SMILES string of the molecule is COC(=O)c1cn(C2(C)C[C@H]3CCC[C@@]3(C)O2)c2ccccc12. The zero-order valence-electron chi connectivity index (χ0n) is 14.0. The molecule has 4 heteroatoms. The van der Waals surface area contributed by atoms with Crippen LogP contribution in [0, 0.1) is 5.92 Å². The molecule has 2 fully saturated rings. The monoisotopic (exact) mass is 313 g/mol. The maximum absolute atomic E-state index is 12.1. The van der Waals surface area contributed by atoms with E-state index in [4.69, 9.17) is 9.47 Å². The molecule has 4 rings (SSSR count). The molecule has 1 saturated heterocycles. The Kier molecular flexibility index (Phi) is 3.11. The Morgan fingerprint density at radius 3 is 2.87 bits per heavy atom. The van der Waals surface area contributed by atoms with Crippen molar-refractivity contribution in [1.29, 1.82) is 0 Å². The van der Waals surface area contributed by atoms with Crippen LogP contribution in [-0.2, 0) is 15.2 Å². The van der Waals surface area contributed by atoms with E-state index in [9.17, 15) is 4.79 Å². The predicted octanol–water partition coefficient (Wildman–Crippen LogP) is 4.08. The number of para-hydroxylation sites is 1. The molecule has 0 amide bonds. The molecule has 1 aliphatic carbocycles. The van der Waals surface area contributed by atoms with Gasteiger partial charge in [0.25, 0.3) is 0 Å². The number of nitrogens with zero attached hydrogens (tertiary/aromatic N) is 1. The zero-order chi connectivity index (χ0) is 16.2. The summed E-state index contributed by atoms with van der Waals surface area (Å²) in [4.78, 5) is 12.1. The number of carbonyl (C=O) groups is 1. The van der Waals surface area contributed by atoms with Crippen LogP contribution in [0.2, 0.25) is 0 Å². The van der Waals surface area contributed by atoms with E-state index >= 15 is 0 Å². The van der Waals surface area contributed by atoms with Gasteiger partial charge in [0.05, 0.1) is 23.8 Å². The van der Waals surface area contributed by atoms with Gasteiger partial charge >= 0.3 is 5.97 Å². The van der Waals surface area contributed by atoms with Gasteiger partial charge in [0.2, 0.25) is 0 Å². The van der Waals surface area contributed by atoms with Crippen molar-refractivity contribution in [3.8, 4) is 0 Å². The smallest absolute Gasteiger partial charge is 0.340 e. The first-order valence-electron chi connectivity index (χ1n) is 8.36. The highest BCUT2D eigenvalue weighted by atomic mass is 16.5. The number of ether oxygens (including phenoxy) is 2. The molecule has 3 atom stereocenters. The van der Waals surface area contributed by atoms with Gasteiger partial charge in [0.15, 0.2) is 0 Å². The Morgan fingerprint density at radius 1 is 1.35 bits per heavy atom. The van der Waals surface area contributed by atoms with E-state index in [-0.39, 0.29) is 11.6 Å². The van der Waals surface area contributed by atoms with Gasteiger partial charge in [-0.15, -0.1) is 0 Å². The van der Waals surface area contributed by atoms with Crippen LogP contribution < -0.4 is 0 Å². The number of hydrogen-bond acceptors (Lipinski definition) is 3. The lowest BCUT2D eigenvalue weighted by Crippen LogP contribution is -2.33. The van der Waals surface area contributed by atoms with E-state index in [1.54, 1.807) is 0 Å². The lowest BCUT2D eigenvalue weighted by Gasteiger charge is -2.31. The van der Waals surface area contributed by atoms with Crippen LogP contribution in [0.15, 0.2) is 30.5 Å². The number of hydrogen-bond donors (Lipinski definition) is 0. The molecule has 2 aliphatic rings. The molecule has 1 aromatic carbocycles. The third kappa shape index (κ3) is 2.04. The van der Waals surface area contributed by atoms with Crippen LogP contribution in [0.25, 0.3) is 10.9 Å². The van der Waals surface area contributed by atoms with Crippen molar-refractivity contribution >= 4 is 16.9 Å². The molecule has 0 N–H and O–H groups in total. The minimum absolute atomic E-state index is 0.0362. The topological polar surface area (TPSA) is 40.5 Å². The summed E-state index contributed by atoms with van der Waals surface area (Å²) < 4.78 is 13.7. The van der Waals surface area contributed by atoms with Crippen LogP contribution in [0.3, 0.4) is 0 Å². The third-order valence-electron chi connectivity index (χ3n) is 5.79. The van der Waals surface area contributed by atoms with Gasteiger partial charge in [-0.1, -0.05) is 24.6 Å². The molecule has 4 nitrogen and oxygen atoms in total. The van der Waals surface area contributed by atoms with Crippen LogP contribution in [0.4, 0.5) is 0 Å². The summed E-state index contributed by atoms with van der Waals surface area (Å²) in [5.41, 5.74) is 1.19. The highest BCUT2D eigenvalue weighted by molar-refractivity contribution is 6.04. The fraction of sp³-hybridized carbons (Fsp3) is 0.526. The third-order valence-corrected chi connectivity index (χ3v) is 5.79. The fourth-order valence-electron chi connectivity index (χ4n) is 4.65. The second-order valence-corrected chi connectivity index (χ2v) is 7.30. The largest absolute Gasteiger partial charge is 0.465 e. The lowest BCUT2D eigenvalue weighted by atomic mass is 9.91. The fourth-order valence-corrected chi connectivity index (χ4v) is 4.65. The molecule has 1 saturated carbocycles. The van der Waals surface area contributed by atoms with E-state index in [1.165, 1.54) is 20.0 Å². The van der Waals surface area contributed by atoms with Crippen molar-refractivity contribution in [2.75, 3.05) is 7.11 Å². The molecule has 1 aromatic heterocycles. The molecular formula is C19H23NO3. The summed E-state index contributed by atoms with van der Waals surface area (Å²) in [6, 6.07) is 7.97. The van der Waals surface area contributed by atoms with Gasteiger partial charge in [0.1, 0.15) is 5.72 Å².